The third-order valence-electron chi connectivity index (χ3n) is 3.78. The lowest BCUT2D eigenvalue weighted by Crippen LogP contribution is -2.11. The lowest BCUT2D eigenvalue weighted by atomic mass is 10.2. The van der Waals surface area contributed by atoms with Crippen LogP contribution in [0.3, 0.4) is 0 Å². The van der Waals surface area contributed by atoms with Crippen molar-refractivity contribution in [3.63, 3.8) is 0 Å². The van der Waals surface area contributed by atoms with E-state index in [4.69, 9.17) is 4.74 Å². The number of carbonyl (C=O) groups is 1. The van der Waals surface area contributed by atoms with Gasteiger partial charge in [0.15, 0.2) is 9.84 Å². The fourth-order valence-electron chi connectivity index (χ4n) is 2.32. The number of nitrogens with one attached hydrogen (secondary N) is 1. The molecule has 10 heteroatoms. The highest BCUT2D eigenvalue weighted by Crippen LogP contribution is 2.21. The Hall–Kier alpha value is -2.30. The first-order chi connectivity index (χ1) is 13.4. The van der Waals surface area contributed by atoms with E-state index in [1.807, 2.05) is 0 Å². The van der Waals surface area contributed by atoms with Crippen molar-refractivity contribution in [3.8, 4) is 5.75 Å². The molecule has 0 aliphatic rings. The van der Waals surface area contributed by atoms with Gasteiger partial charge in [-0.2, -0.15) is 0 Å². The number of amides is 1. The smallest absolute Gasteiger partial charge is 0.257 e. The summed E-state index contributed by atoms with van der Waals surface area (Å²) in [5, 5.41) is 11.4. The van der Waals surface area contributed by atoms with E-state index < -0.39 is 9.84 Å². The highest BCUT2D eigenvalue weighted by molar-refractivity contribution is 9.10. The molecule has 0 atom stereocenters. The zero-order valence-corrected chi connectivity index (χ0v) is 18.0. The molecule has 0 radical (unpaired) electrons. The van der Waals surface area contributed by atoms with Crippen molar-refractivity contribution in [3.05, 3.63) is 63.6 Å². The molecule has 0 saturated heterocycles. The third kappa shape index (κ3) is 5.15. The molecule has 0 fully saturated rings. The van der Waals surface area contributed by atoms with Gasteiger partial charge in [-0.1, -0.05) is 33.3 Å². The summed E-state index contributed by atoms with van der Waals surface area (Å²) in [6, 6.07) is 13.2. The van der Waals surface area contributed by atoms with E-state index >= 15 is 0 Å². The van der Waals surface area contributed by atoms with Crippen LogP contribution in [0.4, 0.5) is 5.13 Å². The molecule has 0 spiro atoms. The lowest BCUT2D eigenvalue weighted by molar-refractivity contribution is 0.102. The first-order valence-corrected chi connectivity index (χ1v) is 11.4. The minimum atomic E-state index is -3.42. The molecule has 0 aliphatic heterocycles. The Morgan fingerprint density at radius 2 is 1.93 bits per heavy atom. The maximum absolute atomic E-state index is 12.4. The summed E-state index contributed by atoms with van der Waals surface area (Å²) in [5.74, 6) is 0.139. The number of anilines is 1. The van der Waals surface area contributed by atoms with Gasteiger partial charge in [-0.3, -0.25) is 10.1 Å². The van der Waals surface area contributed by atoms with Gasteiger partial charge in [0.1, 0.15) is 10.8 Å². The second-order valence-electron chi connectivity index (χ2n) is 5.71. The van der Waals surface area contributed by atoms with E-state index in [1.54, 1.807) is 48.5 Å². The van der Waals surface area contributed by atoms with Crippen LogP contribution in [0.5, 0.6) is 5.75 Å². The minimum absolute atomic E-state index is 0.0902. The van der Waals surface area contributed by atoms with Crippen molar-refractivity contribution in [2.45, 2.75) is 11.3 Å². The molecule has 1 amide bonds. The monoisotopic (exact) mass is 481 g/mol. The average molecular weight is 482 g/mol. The van der Waals surface area contributed by atoms with E-state index in [0.29, 0.717) is 21.5 Å². The number of ether oxygens (including phenoxy) is 1. The summed E-state index contributed by atoms with van der Waals surface area (Å²) in [6.45, 7) is 0. The zero-order chi connectivity index (χ0) is 20.1. The molecule has 1 N–H and O–H groups in total. The van der Waals surface area contributed by atoms with Crippen molar-refractivity contribution >= 4 is 48.1 Å². The number of sulfone groups is 1. The normalized spacial score (nSPS) is 11.2. The van der Waals surface area contributed by atoms with E-state index in [-0.39, 0.29) is 23.0 Å². The Labute approximate surface area is 174 Å². The van der Waals surface area contributed by atoms with Crippen LogP contribution < -0.4 is 10.1 Å². The van der Waals surface area contributed by atoms with Crippen LogP contribution in [0.1, 0.15) is 15.4 Å². The topological polar surface area (TPSA) is 98.2 Å². The number of aromatic nitrogens is 2. The molecular weight excluding hydrogens is 466 g/mol. The summed E-state index contributed by atoms with van der Waals surface area (Å²) < 4.78 is 30.7. The Morgan fingerprint density at radius 1 is 1.18 bits per heavy atom. The molecule has 1 heterocycles. The molecule has 7 nitrogen and oxygen atoms in total. The molecule has 0 aliphatic carbocycles. The molecule has 146 valence electrons. The Balaban J connectivity index is 1.62. The van der Waals surface area contributed by atoms with Gasteiger partial charge < -0.3 is 4.74 Å². The molecule has 3 aromatic rings. The fraction of sp³-hybridized carbons (Fsp3) is 0.167. The minimum Gasteiger partial charge on any atom is -0.497 e. The van der Waals surface area contributed by atoms with Crippen molar-refractivity contribution < 1.29 is 17.9 Å². The third-order valence-corrected chi connectivity index (χ3v) is 6.94. The Kier molecular flexibility index (Phi) is 6.42. The summed E-state index contributed by atoms with van der Waals surface area (Å²) in [5.41, 5.74) is 0.425. The van der Waals surface area contributed by atoms with Gasteiger partial charge in [-0.15, -0.1) is 10.2 Å². The zero-order valence-electron chi connectivity index (χ0n) is 14.8. The quantitative estimate of drug-likeness (QED) is 0.553. The predicted octanol–water partition coefficient (Wildman–Crippen LogP) is 3.58. The van der Waals surface area contributed by atoms with Crippen LogP contribution in [0.25, 0.3) is 0 Å². The van der Waals surface area contributed by atoms with Crippen molar-refractivity contribution in [2.75, 3.05) is 18.2 Å². The second kappa shape index (κ2) is 8.80. The first-order valence-electron chi connectivity index (χ1n) is 8.13. The number of hydrogen-bond donors (Lipinski definition) is 1. The number of methoxy groups -OCH3 is 1. The highest BCUT2D eigenvalue weighted by Gasteiger charge is 2.17. The lowest BCUT2D eigenvalue weighted by Gasteiger charge is -2.04. The number of rotatable bonds is 7. The van der Waals surface area contributed by atoms with Crippen LogP contribution in [0.2, 0.25) is 0 Å². The maximum Gasteiger partial charge on any atom is 0.257 e. The summed E-state index contributed by atoms with van der Waals surface area (Å²) >= 11 is 4.43. The van der Waals surface area contributed by atoms with Gasteiger partial charge in [-0.25, -0.2) is 8.42 Å². The van der Waals surface area contributed by atoms with Gasteiger partial charge in [0, 0.05) is 16.5 Å². The number of hydrogen-bond acceptors (Lipinski definition) is 7. The molecule has 1 aromatic heterocycles. The first kappa shape index (κ1) is 20.4. The molecule has 0 unspecified atom stereocenters. The van der Waals surface area contributed by atoms with Crippen molar-refractivity contribution in [2.24, 2.45) is 0 Å². The molecule has 0 bridgehead atoms. The van der Waals surface area contributed by atoms with Gasteiger partial charge >= 0.3 is 0 Å². The molecule has 3 rings (SSSR count). The van der Waals surface area contributed by atoms with E-state index in [2.05, 4.69) is 31.4 Å². The Morgan fingerprint density at radius 3 is 2.64 bits per heavy atom. The number of benzene rings is 2. The van der Waals surface area contributed by atoms with Gasteiger partial charge in [-0.05, 0) is 42.5 Å². The SMILES string of the molecule is COc1cccc(C(=O)Nc2nnc(CCS(=O)(=O)c3ccc(Br)cc3)s2)c1. The van der Waals surface area contributed by atoms with Crippen LogP contribution in [0, 0.1) is 0 Å². The van der Waals surface area contributed by atoms with E-state index in [0.717, 1.165) is 15.8 Å². The molecule has 0 saturated carbocycles. The van der Waals surface area contributed by atoms with Crippen molar-refractivity contribution in [1.29, 1.82) is 0 Å². The van der Waals surface area contributed by atoms with Crippen LogP contribution in [-0.2, 0) is 16.3 Å². The Bertz CT molecular complexity index is 1080. The van der Waals surface area contributed by atoms with Gasteiger partial charge in [0.2, 0.25) is 5.13 Å². The van der Waals surface area contributed by atoms with Crippen LogP contribution in [-0.4, -0.2) is 37.4 Å². The van der Waals surface area contributed by atoms with E-state index in [1.165, 1.54) is 7.11 Å². The summed E-state index contributed by atoms with van der Waals surface area (Å²) in [6.07, 6.45) is 0.213. The number of nitrogens with zero attached hydrogens (tertiary/aromatic N) is 2. The maximum atomic E-state index is 12.4. The summed E-state index contributed by atoms with van der Waals surface area (Å²) in [4.78, 5) is 12.5. The number of carbonyl (C=O) groups excluding carboxylic acids is 1. The van der Waals surface area contributed by atoms with Crippen LogP contribution in [0.15, 0.2) is 57.9 Å². The van der Waals surface area contributed by atoms with Crippen molar-refractivity contribution in [1.82, 2.24) is 10.2 Å². The van der Waals surface area contributed by atoms with Crippen LogP contribution >= 0.6 is 27.3 Å². The molecule has 28 heavy (non-hydrogen) atoms. The largest absolute Gasteiger partial charge is 0.497 e. The van der Waals surface area contributed by atoms with E-state index in [9.17, 15) is 13.2 Å². The fourth-order valence-corrected chi connectivity index (χ4v) is 4.70. The standard InChI is InChI=1S/C18H16BrN3O4S2/c1-26-14-4-2-3-12(11-14)17(23)20-18-22-21-16(27-18)9-10-28(24,25)15-7-5-13(19)6-8-15/h2-8,11H,9-10H2,1H3,(H,20,22,23). The number of halogens is 1. The highest BCUT2D eigenvalue weighted by atomic mass is 79.9. The summed E-state index contributed by atoms with van der Waals surface area (Å²) in [7, 11) is -1.90. The number of aryl methyl sites for hydroxylation is 1. The second-order valence-corrected chi connectivity index (χ2v) is 9.80. The average Bonchev–Trinajstić information content (AvgIpc) is 3.14. The molecular formula is C18H16BrN3O4S2. The van der Waals surface area contributed by atoms with Gasteiger partial charge in [0.05, 0.1) is 17.8 Å². The molecule has 2 aromatic carbocycles. The van der Waals surface area contributed by atoms with Gasteiger partial charge in [0.25, 0.3) is 5.91 Å². The predicted molar refractivity (Wildman–Crippen MR) is 111 cm³/mol.